The van der Waals surface area contributed by atoms with Gasteiger partial charge < -0.3 is 0 Å². The van der Waals surface area contributed by atoms with Crippen LogP contribution in [0.4, 0.5) is 0 Å². The molecule has 0 bridgehead atoms. The van der Waals surface area contributed by atoms with E-state index in [1.54, 1.807) is 0 Å². The second-order valence-corrected chi connectivity index (χ2v) is 17.5. The van der Waals surface area contributed by atoms with Gasteiger partial charge in [-0.3, -0.25) is 0 Å². The van der Waals surface area contributed by atoms with Gasteiger partial charge in [0, 0.05) is 16.7 Å². The van der Waals surface area contributed by atoms with Crippen molar-refractivity contribution in [1.82, 2.24) is 15.0 Å². The molecule has 0 fully saturated rings. The van der Waals surface area contributed by atoms with Crippen molar-refractivity contribution in [3.8, 4) is 67.5 Å². The Morgan fingerprint density at radius 3 is 1.70 bits per heavy atom. The van der Waals surface area contributed by atoms with Crippen LogP contribution in [-0.4, -0.2) is 15.0 Å². The van der Waals surface area contributed by atoms with E-state index in [-0.39, 0.29) is 0 Å². The normalized spacial score (nSPS) is 17.9. The molecule has 2 atom stereocenters. The number of hydrogen-bond acceptors (Lipinski definition) is 3. The van der Waals surface area contributed by atoms with Crippen LogP contribution in [-0.2, 0) is 5.41 Å². The van der Waals surface area contributed by atoms with Crippen LogP contribution < -0.4 is 0 Å². The number of allylic oxidation sites excluding steroid dienone is 8. The van der Waals surface area contributed by atoms with E-state index in [9.17, 15) is 0 Å². The smallest absolute Gasteiger partial charge is 0.164 e. The van der Waals surface area contributed by atoms with Crippen molar-refractivity contribution in [2.75, 3.05) is 0 Å². The molecule has 0 aliphatic heterocycles. The Balaban J connectivity index is 0.995. The van der Waals surface area contributed by atoms with Crippen LogP contribution in [0.15, 0.2) is 200 Å². The largest absolute Gasteiger partial charge is 0.208 e. The summed E-state index contributed by atoms with van der Waals surface area (Å²) in [6.07, 6.45) is 15.4. The van der Waals surface area contributed by atoms with Gasteiger partial charge in [-0.05, 0) is 134 Å². The fourth-order valence-electron chi connectivity index (χ4n) is 10.7. The highest BCUT2D eigenvalue weighted by Gasteiger charge is 2.54. The molecule has 0 radical (unpaired) electrons. The molecule has 8 aromatic rings. The lowest BCUT2D eigenvalue weighted by atomic mass is 9.68. The third kappa shape index (κ3) is 5.98. The van der Waals surface area contributed by atoms with E-state index in [2.05, 4.69) is 172 Å². The molecular weight excluding hydrogens is 763 g/mol. The summed E-state index contributed by atoms with van der Waals surface area (Å²) in [7, 11) is 0. The lowest BCUT2D eigenvalue weighted by Crippen LogP contribution is -2.27. The average Bonchev–Trinajstić information content (AvgIpc) is 3.80. The molecule has 3 nitrogen and oxygen atoms in total. The Hall–Kier alpha value is -7.49. The van der Waals surface area contributed by atoms with E-state index >= 15 is 0 Å². The van der Waals surface area contributed by atoms with E-state index in [1.165, 1.54) is 77.9 Å². The molecule has 0 saturated carbocycles. The first kappa shape index (κ1) is 37.3. The summed E-state index contributed by atoms with van der Waals surface area (Å²) >= 11 is 0. The predicted octanol–water partition coefficient (Wildman–Crippen LogP) is 14.9. The molecule has 1 aromatic heterocycles. The van der Waals surface area contributed by atoms with Gasteiger partial charge in [0.2, 0.25) is 0 Å². The van der Waals surface area contributed by atoms with E-state index in [0.29, 0.717) is 23.4 Å². The number of rotatable bonds is 6. The highest BCUT2D eigenvalue weighted by molar-refractivity contribution is 6.01. The van der Waals surface area contributed by atoms with Crippen molar-refractivity contribution >= 4 is 11.1 Å². The van der Waals surface area contributed by atoms with Gasteiger partial charge in [0.25, 0.3) is 0 Å². The lowest BCUT2D eigenvalue weighted by molar-refractivity contribution is 0.711. The van der Waals surface area contributed by atoms with E-state index in [1.807, 2.05) is 36.4 Å². The Kier molecular flexibility index (Phi) is 8.79. The number of hydrogen-bond donors (Lipinski definition) is 0. The molecule has 0 amide bonds. The molecule has 7 aromatic carbocycles. The van der Waals surface area contributed by atoms with Crippen molar-refractivity contribution < 1.29 is 0 Å². The van der Waals surface area contributed by atoms with Crippen LogP contribution in [0.2, 0.25) is 0 Å². The molecule has 300 valence electrons. The van der Waals surface area contributed by atoms with Crippen LogP contribution in [0.25, 0.3) is 78.7 Å². The summed E-state index contributed by atoms with van der Waals surface area (Å²) in [6.45, 7) is 4.62. The zero-order valence-corrected chi connectivity index (χ0v) is 35.5. The predicted molar refractivity (Wildman–Crippen MR) is 260 cm³/mol. The summed E-state index contributed by atoms with van der Waals surface area (Å²) < 4.78 is 0. The topological polar surface area (TPSA) is 38.7 Å². The summed E-state index contributed by atoms with van der Waals surface area (Å²) in [5.74, 6) is 2.46. The fraction of sp³-hybridized carbons (Fsp3) is 0.117. The van der Waals surface area contributed by atoms with Gasteiger partial charge in [0.1, 0.15) is 0 Å². The van der Waals surface area contributed by atoms with Crippen molar-refractivity contribution in [2.45, 2.75) is 38.5 Å². The summed E-state index contributed by atoms with van der Waals surface area (Å²) in [5, 5.41) is 0. The number of aromatic nitrogens is 3. The maximum absolute atomic E-state index is 5.05. The quantitative estimate of drug-likeness (QED) is 0.168. The van der Waals surface area contributed by atoms with E-state index in [0.717, 1.165) is 41.5 Å². The summed E-state index contributed by atoms with van der Waals surface area (Å²) in [6, 6.07) is 59.5. The molecule has 1 spiro atoms. The molecule has 4 aliphatic rings. The summed E-state index contributed by atoms with van der Waals surface area (Å²) in [5.41, 5.74) is 22.1. The van der Waals surface area contributed by atoms with Gasteiger partial charge in [-0.2, -0.15) is 0 Å². The van der Waals surface area contributed by atoms with Crippen molar-refractivity contribution in [3.63, 3.8) is 0 Å². The minimum atomic E-state index is -0.403. The molecule has 0 N–H and O–H groups in total. The zero-order valence-electron chi connectivity index (χ0n) is 35.5. The number of nitrogens with zero attached hydrogens (tertiary/aromatic N) is 3. The van der Waals surface area contributed by atoms with E-state index < -0.39 is 5.41 Å². The number of fused-ring (bicyclic) bond motifs is 10. The fourth-order valence-corrected chi connectivity index (χ4v) is 10.7. The Morgan fingerprint density at radius 2 is 1.02 bits per heavy atom. The monoisotopic (exact) mass is 807 g/mol. The lowest BCUT2D eigenvalue weighted by Gasteiger charge is -2.33. The van der Waals surface area contributed by atoms with Gasteiger partial charge in [0.05, 0.1) is 5.41 Å². The number of benzene rings is 7. The molecule has 63 heavy (non-hydrogen) atoms. The summed E-state index contributed by atoms with van der Waals surface area (Å²) in [4.78, 5) is 15.0. The zero-order chi connectivity index (χ0) is 42.1. The molecule has 0 saturated heterocycles. The van der Waals surface area contributed by atoms with Gasteiger partial charge in [-0.1, -0.05) is 183 Å². The first-order chi connectivity index (χ1) is 31.0. The molecule has 2 unspecified atom stereocenters. The van der Waals surface area contributed by atoms with Crippen LogP contribution >= 0.6 is 0 Å². The SMILES string of the molecule is Cc1c(-c2cccc(-c3nc(-c4ccccc4)nc(-c4ccccc4)n3)c2)cccc1-c1ccc2c(c1)C1(C3=CCC(C)C=C3c3ccccc31)c1cc(C3=CCCC=C3)ccc1-2. The van der Waals surface area contributed by atoms with Gasteiger partial charge in [-0.25, -0.2) is 15.0 Å². The van der Waals surface area contributed by atoms with Gasteiger partial charge in [-0.15, -0.1) is 0 Å². The first-order valence-corrected chi connectivity index (χ1v) is 22.3. The minimum Gasteiger partial charge on any atom is -0.208 e. The second-order valence-electron chi connectivity index (χ2n) is 17.5. The van der Waals surface area contributed by atoms with Crippen LogP contribution in [0.1, 0.15) is 59.6 Å². The van der Waals surface area contributed by atoms with E-state index in [4.69, 9.17) is 15.0 Å². The Morgan fingerprint density at radius 1 is 0.460 bits per heavy atom. The third-order valence-corrected chi connectivity index (χ3v) is 13.7. The molecule has 12 rings (SSSR count). The standard InChI is InChI=1S/C60H45N3/c1-38-28-33-54-52(34-38)49-24-12-13-27-53(49)60(54)55-36-43(40-16-6-3-7-17-40)29-31-50(55)51-32-30-45(37-56(51)60)48-26-15-25-47(39(48)2)44-22-14-23-46(35-44)59-62-57(41-18-8-4-9-19-41)61-58(63-59)42-20-10-5-11-21-42/h4-6,8-27,29-38H,3,7,28H2,1-2H3. The van der Waals surface area contributed by atoms with Crippen molar-refractivity contribution in [2.24, 2.45) is 5.92 Å². The highest BCUT2D eigenvalue weighted by Crippen LogP contribution is 2.65. The van der Waals surface area contributed by atoms with Crippen LogP contribution in [0.3, 0.4) is 0 Å². The van der Waals surface area contributed by atoms with Gasteiger partial charge >= 0.3 is 0 Å². The van der Waals surface area contributed by atoms with Crippen LogP contribution in [0, 0.1) is 12.8 Å². The molecule has 1 heterocycles. The Labute approximate surface area is 369 Å². The minimum absolute atomic E-state index is 0.403. The first-order valence-electron chi connectivity index (χ1n) is 22.3. The van der Waals surface area contributed by atoms with Gasteiger partial charge in [0.15, 0.2) is 17.5 Å². The molecular formula is C60H45N3. The maximum atomic E-state index is 5.05. The van der Waals surface area contributed by atoms with Crippen molar-refractivity contribution in [1.29, 1.82) is 0 Å². The maximum Gasteiger partial charge on any atom is 0.164 e. The highest BCUT2D eigenvalue weighted by atomic mass is 15.0. The second kappa shape index (κ2) is 14.9. The Bertz CT molecular complexity index is 3220. The average molecular weight is 808 g/mol. The van der Waals surface area contributed by atoms with Crippen molar-refractivity contribution in [3.05, 3.63) is 233 Å². The molecule has 3 heteroatoms. The molecule has 4 aliphatic carbocycles. The van der Waals surface area contributed by atoms with Crippen LogP contribution in [0.5, 0.6) is 0 Å². The third-order valence-electron chi connectivity index (χ3n) is 13.7.